The Hall–Kier alpha value is -3.98. The third-order valence-corrected chi connectivity index (χ3v) is 6.86. The van der Waals surface area contributed by atoms with Gasteiger partial charge in [-0.1, -0.05) is 12.1 Å². The molecule has 0 unspecified atom stereocenters. The van der Waals surface area contributed by atoms with E-state index in [2.05, 4.69) is 25.6 Å². The molecule has 1 amide bonds. The highest BCUT2D eigenvalue weighted by atomic mass is 19.1. The van der Waals surface area contributed by atoms with E-state index in [1.54, 1.807) is 30.3 Å². The van der Waals surface area contributed by atoms with Crippen molar-refractivity contribution in [2.45, 2.75) is 18.5 Å². The number of methoxy groups -OCH3 is 1. The fourth-order valence-corrected chi connectivity index (χ4v) is 5.31. The van der Waals surface area contributed by atoms with E-state index >= 15 is 0 Å². The maximum Gasteiger partial charge on any atom is 0.274 e. The second-order valence-electron chi connectivity index (χ2n) is 9.10. The van der Waals surface area contributed by atoms with Crippen LogP contribution in [0.25, 0.3) is 22.2 Å². The van der Waals surface area contributed by atoms with Crippen molar-refractivity contribution in [1.29, 1.82) is 0 Å². The molecule has 2 atom stereocenters. The van der Waals surface area contributed by atoms with Gasteiger partial charge in [0.05, 0.1) is 35.1 Å². The Bertz CT molecular complexity index is 1450. The number of pyridine rings is 1. The van der Waals surface area contributed by atoms with Crippen LogP contribution < -0.4 is 25.0 Å². The van der Waals surface area contributed by atoms with E-state index in [9.17, 15) is 9.18 Å². The number of aromatic amines is 1. The number of ether oxygens (including phenoxy) is 1. The van der Waals surface area contributed by atoms with Gasteiger partial charge in [-0.2, -0.15) is 5.10 Å². The number of anilines is 2. The number of fused-ring (bicyclic) bond motifs is 3. The number of benzene rings is 2. The SMILES string of the molecule is COc1cccc(F)c1-c1cccc(C(=O)Nc2ccc3[nH][n+](C)cc3c2N2C[C@H]3C[C@@H]2CN3)n1. The van der Waals surface area contributed by atoms with Gasteiger partial charge >= 0.3 is 0 Å². The highest BCUT2D eigenvalue weighted by Crippen LogP contribution is 2.39. The van der Waals surface area contributed by atoms with Crippen LogP contribution in [-0.4, -0.2) is 48.3 Å². The van der Waals surface area contributed by atoms with Crippen LogP contribution >= 0.6 is 0 Å². The average molecular weight is 474 g/mol. The Morgan fingerprint density at radius 1 is 1.23 bits per heavy atom. The number of aryl methyl sites for hydroxylation is 1. The molecule has 2 aliphatic heterocycles. The quantitative estimate of drug-likeness (QED) is 0.388. The fourth-order valence-electron chi connectivity index (χ4n) is 5.31. The maximum absolute atomic E-state index is 14.6. The van der Waals surface area contributed by atoms with Crippen molar-refractivity contribution in [3.05, 3.63) is 66.2 Å². The molecule has 2 saturated heterocycles. The molecule has 2 fully saturated rings. The normalized spacial score (nSPS) is 18.9. The Kier molecular flexibility index (Phi) is 5.14. The lowest BCUT2D eigenvalue weighted by Gasteiger charge is -2.31. The summed E-state index contributed by atoms with van der Waals surface area (Å²) in [6, 6.07) is 14.3. The van der Waals surface area contributed by atoms with Crippen molar-refractivity contribution in [2.75, 3.05) is 30.4 Å². The van der Waals surface area contributed by atoms with Crippen LogP contribution in [0.15, 0.2) is 54.7 Å². The van der Waals surface area contributed by atoms with Gasteiger partial charge < -0.3 is 20.3 Å². The molecule has 6 rings (SSSR count). The van der Waals surface area contributed by atoms with Crippen molar-refractivity contribution < 1.29 is 18.6 Å². The summed E-state index contributed by atoms with van der Waals surface area (Å²) >= 11 is 0. The number of rotatable bonds is 5. The monoisotopic (exact) mass is 473 g/mol. The van der Waals surface area contributed by atoms with E-state index in [1.807, 2.05) is 30.1 Å². The predicted molar refractivity (Wildman–Crippen MR) is 131 cm³/mol. The lowest BCUT2D eigenvalue weighted by atomic mass is 10.1. The molecule has 4 aromatic rings. The molecule has 2 aromatic carbocycles. The van der Waals surface area contributed by atoms with Crippen LogP contribution in [0.5, 0.6) is 5.75 Å². The predicted octanol–water partition coefficient (Wildman–Crippen LogP) is 3.00. The Labute approximate surface area is 201 Å². The van der Waals surface area contributed by atoms with Crippen LogP contribution in [-0.2, 0) is 7.05 Å². The van der Waals surface area contributed by atoms with E-state index in [1.165, 1.54) is 13.2 Å². The first kappa shape index (κ1) is 21.5. The minimum atomic E-state index is -0.458. The third kappa shape index (κ3) is 3.68. The fraction of sp³-hybridized carbons (Fsp3) is 0.269. The molecule has 2 aliphatic rings. The number of carbonyl (C=O) groups excluding carboxylic acids is 1. The first-order valence-electron chi connectivity index (χ1n) is 11.6. The zero-order valence-electron chi connectivity index (χ0n) is 19.5. The van der Waals surface area contributed by atoms with E-state index in [-0.39, 0.29) is 17.2 Å². The Morgan fingerprint density at radius 2 is 2.09 bits per heavy atom. The summed E-state index contributed by atoms with van der Waals surface area (Å²) in [7, 11) is 3.43. The number of carbonyl (C=O) groups is 1. The smallest absolute Gasteiger partial charge is 0.274 e. The molecule has 2 aromatic heterocycles. The first-order chi connectivity index (χ1) is 17.0. The summed E-state index contributed by atoms with van der Waals surface area (Å²) in [6.45, 7) is 1.82. The van der Waals surface area contributed by atoms with E-state index in [0.717, 1.165) is 41.8 Å². The van der Waals surface area contributed by atoms with Gasteiger partial charge in [0, 0.05) is 25.2 Å². The van der Waals surface area contributed by atoms with Crippen LogP contribution in [0.3, 0.4) is 0 Å². The number of nitrogens with one attached hydrogen (secondary N) is 3. The van der Waals surface area contributed by atoms with Crippen LogP contribution in [0, 0.1) is 5.82 Å². The third-order valence-electron chi connectivity index (χ3n) is 6.86. The van der Waals surface area contributed by atoms with Gasteiger partial charge in [0.25, 0.3) is 5.91 Å². The molecule has 35 heavy (non-hydrogen) atoms. The molecule has 0 saturated carbocycles. The molecular formula is C26H26FN6O2+. The van der Waals surface area contributed by atoms with Crippen LogP contribution in [0.1, 0.15) is 16.9 Å². The Balaban J connectivity index is 1.37. The molecule has 8 nitrogen and oxygen atoms in total. The first-order valence-corrected chi connectivity index (χ1v) is 11.6. The Morgan fingerprint density at radius 3 is 2.86 bits per heavy atom. The number of H-pyrrole nitrogens is 1. The van der Waals surface area contributed by atoms with Crippen molar-refractivity contribution in [2.24, 2.45) is 7.05 Å². The van der Waals surface area contributed by atoms with E-state index in [4.69, 9.17) is 4.74 Å². The second kappa shape index (κ2) is 8.35. The van der Waals surface area contributed by atoms with Gasteiger partial charge in [0.2, 0.25) is 6.20 Å². The summed E-state index contributed by atoms with van der Waals surface area (Å²) in [5.74, 6) is -0.453. The highest BCUT2D eigenvalue weighted by molar-refractivity contribution is 6.09. The van der Waals surface area contributed by atoms with Crippen molar-refractivity contribution in [3.63, 3.8) is 0 Å². The molecule has 3 N–H and O–H groups in total. The van der Waals surface area contributed by atoms with Crippen LogP contribution in [0.4, 0.5) is 15.8 Å². The highest BCUT2D eigenvalue weighted by Gasteiger charge is 2.39. The standard InChI is InChI=1S/C26H25FN6O2/c1-32-14-17-19(31-32)9-10-21(25(17)33-13-15-11-16(33)12-28-15)30-26(34)22-7-4-6-20(29-22)24-18(27)5-3-8-23(24)35-2/h3-10,14-16,28H,11-13H2,1-2H3,(H,30,34)/p+1/t15-,16-/m1/s1. The zero-order chi connectivity index (χ0) is 24.1. The van der Waals surface area contributed by atoms with Gasteiger partial charge in [0.1, 0.15) is 22.8 Å². The summed E-state index contributed by atoms with van der Waals surface area (Å²) in [4.78, 5) is 20.2. The molecule has 9 heteroatoms. The average Bonchev–Trinajstić information content (AvgIpc) is 3.59. The number of nitrogens with zero attached hydrogens (tertiary/aromatic N) is 3. The minimum Gasteiger partial charge on any atom is -0.496 e. The second-order valence-corrected chi connectivity index (χ2v) is 9.10. The molecule has 0 spiro atoms. The zero-order valence-corrected chi connectivity index (χ0v) is 19.5. The molecule has 4 heterocycles. The number of piperazine rings is 1. The van der Waals surface area contributed by atoms with Crippen molar-refractivity contribution in [1.82, 2.24) is 15.4 Å². The lowest BCUT2D eigenvalue weighted by Crippen LogP contribution is -2.44. The lowest BCUT2D eigenvalue weighted by molar-refractivity contribution is -0.724. The molecule has 2 bridgehead atoms. The van der Waals surface area contributed by atoms with E-state index < -0.39 is 5.82 Å². The largest absolute Gasteiger partial charge is 0.496 e. The van der Waals surface area contributed by atoms with Gasteiger partial charge in [-0.25, -0.2) is 9.37 Å². The van der Waals surface area contributed by atoms with Crippen LogP contribution in [0.2, 0.25) is 0 Å². The molecule has 178 valence electrons. The number of hydrogen-bond acceptors (Lipinski definition) is 5. The van der Waals surface area contributed by atoms with Gasteiger partial charge in [-0.05, 0) is 42.8 Å². The maximum atomic E-state index is 14.6. The number of hydrogen-bond donors (Lipinski definition) is 3. The summed E-state index contributed by atoms with van der Waals surface area (Å²) in [6.07, 6.45) is 3.14. The number of halogens is 1. The van der Waals surface area contributed by atoms with Gasteiger partial charge in [-0.3, -0.25) is 4.79 Å². The molecule has 0 aliphatic carbocycles. The summed E-state index contributed by atoms with van der Waals surface area (Å²) in [5.41, 5.74) is 3.50. The molecule has 0 radical (unpaired) electrons. The van der Waals surface area contributed by atoms with Gasteiger partial charge in [-0.15, -0.1) is 4.68 Å². The topological polar surface area (TPSA) is 86.2 Å². The number of aromatic nitrogens is 3. The van der Waals surface area contributed by atoms with Crippen molar-refractivity contribution >= 4 is 28.2 Å². The van der Waals surface area contributed by atoms with Crippen molar-refractivity contribution in [3.8, 4) is 17.0 Å². The molecular weight excluding hydrogens is 447 g/mol. The number of amides is 1. The van der Waals surface area contributed by atoms with Gasteiger partial charge in [0.15, 0.2) is 7.05 Å². The summed E-state index contributed by atoms with van der Waals surface area (Å²) < 4.78 is 21.9. The minimum absolute atomic E-state index is 0.197. The summed E-state index contributed by atoms with van der Waals surface area (Å²) in [5, 5.41) is 11.0. The van der Waals surface area contributed by atoms with E-state index in [0.29, 0.717) is 23.5 Å².